The van der Waals surface area contributed by atoms with Crippen molar-refractivity contribution in [3.63, 3.8) is 0 Å². The molecule has 0 atom stereocenters. The molecule has 1 fully saturated rings. The first-order chi connectivity index (χ1) is 12.5. The van der Waals surface area contributed by atoms with Gasteiger partial charge in [-0.1, -0.05) is 6.07 Å². The van der Waals surface area contributed by atoms with Gasteiger partial charge in [0, 0.05) is 29.6 Å². The van der Waals surface area contributed by atoms with Crippen molar-refractivity contribution < 1.29 is 8.42 Å². The van der Waals surface area contributed by atoms with Crippen LogP contribution >= 0.6 is 0 Å². The number of aromatic nitrogens is 2. The molecule has 136 valence electrons. The largest absolute Gasteiger partial charge is 0.341 e. The van der Waals surface area contributed by atoms with Crippen molar-refractivity contribution in [3.05, 3.63) is 60.0 Å². The number of benzene rings is 1. The Morgan fingerprint density at radius 1 is 1.15 bits per heavy atom. The summed E-state index contributed by atoms with van der Waals surface area (Å²) in [5.74, 6) is 0.611. The second kappa shape index (κ2) is 6.85. The molecule has 3 aromatic rings. The molecule has 3 heterocycles. The highest BCUT2D eigenvalue weighted by Gasteiger charge is 2.15. The van der Waals surface area contributed by atoms with Gasteiger partial charge in [0.05, 0.1) is 17.1 Å². The van der Waals surface area contributed by atoms with Crippen molar-refractivity contribution >= 4 is 20.7 Å². The first-order valence-electron chi connectivity index (χ1n) is 8.95. The predicted octanol–water partition coefficient (Wildman–Crippen LogP) is 2.96. The second-order valence-corrected chi connectivity index (χ2v) is 9.06. The number of piperidine rings is 1. The van der Waals surface area contributed by atoms with Gasteiger partial charge in [-0.2, -0.15) is 0 Å². The zero-order valence-electron chi connectivity index (χ0n) is 14.9. The van der Waals surface area contributed by atoms with E-state index < -0.39 is 9.84 Å². The lowest BCUT2D eigenvalue weighted by atomic mass is 9.91. The smallest absolute Gasteiger partial charge is 0.175 e. The summed E-state index contributed by atoms with van der Waals surface area (Å²) in [5.41, 5.74) is 3.35. The molecule has 0 unspecified atom stereocenters. The number of sulfone groups is 1. The maximum absolute atomic E-state index is 11.7. The standard InChI is InChI=1S/C20H23N3O2S/c1-26(24,25)19-4-5-20-16(12-19)8-11-23(20)14-18-3-2-17(13-22-18)15-6-9-21-10-7-15/h2-5,8,11-13,15,21H,6-7,9-10,14H2,1H3. The Kier molecular flexibility index (Phi) is 4.54. The van der Waals surface area contributed by atoms with Crippen LogP contribution in [-0.4, -0.2) is 37.3 Å². The molecule has 1 N–H and O–H groups in total. The molecule has 0 amide bonds. The minimum Gasteiger partial charge on any atom is -0.341 e. The molecule has 1 aliphatic rings. The van der Waals surface area contributed by atoms with E-state index in [2.05, 4.69) is 27.0 Å². The summed E-state index contributed by atoms with van der Waals surface area (Å²) < 4.78 is 25.5. The van der Waals surface area contributed by atoms with Gasteiger partial charge in [0.1, 0.15) is 0 Å². The molecule has 4 rings (SSSR count). The van der Waals surface area contributed by atoms with Crippen LogP contribution in [0.5, 0.6) is 0 Å². The fraction of sp³-hybridized carbons (Fsp3) is 0.350. The summed E-state index contributed by atoms with van der Waals surface area (Å²) >= 11 is 0. The van der Waals surface area contributed by atoms with Crippen molar-refractivity contribution in [1.82, 2.24) is 14.9 Å². The van der Waals surface area contributed by atoms with Gasteiger partial charge in [-0.15, -0.1) is 0 Å². The van der Waals surface area contributed by atoms with E-state index in [1.807, 2.05) is 24.5 Å². The molecule has 1 aromatic carbocycles. The lowest BCUT2D eigenvalue weighted by Gasteiger charge is -2.22. The van der Waals surface area contributed by atoms with Crippen LogP contribution in [0.3, 0.4) is 0 Å². The quantitative estimate of drug-likeness (QED) is 0.768. The van der Waals surface area contributed by atoms with Crippen LogP contribution in [0.2, 0.25) is 0 Å². The van der Waals surface area contributed by atoms with E-state index >= 15 is 0 Å². The van der Waals surface area contributed by atoms with E-state index in [1.54, 1.807) is 12.1 Å². The first-order valence-corrected chi connectivity index (χ1v) is 10.8. The number of hydrogen-bond donors (Lipinski definition) is 1. The normalized spacial score (nSPS) is 16.2. The lowest BCUT2D eigenvalue weighted by molar-refractivity contribution is 0.459. The van der Waals surface area contributed by atoms with Crippen molar-refractivity contribution in [2.24, 2.45) is 0 Å². The third-order valence-electron chi connectivity index (χ3n) is 5.16. The molecule has 0 aliphatic carbocycles. The van der Waals surface area contributed by atoms with Gasteiger partial charge in [0.2, 0.25) is 0 Å². The Balaban J connectivity index is 1.55. The monoisotopic (exact) mass is 369 g/mol. The fourth-order valence-corrected chi connectivity index (χ4v) is 4.30. The predicted molar refractivity (Wildman–Crippen MR) is 103 cm³/mol. The molecule has 0 spiro atoms. The Morgan fingerprint density at radius 3 is 2.65 bits per heavy atom. The average Bonchev–Trinajstić information content (AvgIpc) is 3.05. The summed E-state index contributed by atoms with van der Waals surface area (Å²) in [4.78, 5) is 5.01. The molecule has 0 bridgehead atoms. The molecule has 1 saturated heterocycles. The number of nitrogens with one attached hydrogen (secondary N) is 1. The molecule has 1 aliphatic heterocycles. The van der Waals surface area contributed by atoms with Gasteiger partial charge < -0.3 is 9.88 Å². The van der Waals surface area contributed by atoms with Gasteiger partial charge in [-0.3, -0.25) is 4.98 Å². The van der Waals surface area contributed by atoms with Crippen molar-refractivity contribution in [2.45, 2.75) is 30.2 Å². The van der Waals surface area contributed by atoms with Crippen molar-refractivity contribution in [2.75, 3.05) is 19.3 Å². The summed E-state index contributed by atoms with van der Waals surface area (Å²) in [7, 11) is -3.19. The van der Waals surface area contributed by atoms with Gasteiger partial charge in [0.15, 0.2) is 9.84 Å². The van der Waals surface area contributed by atoms with Crippen molar-refractivity contribution in [3.8, 4) is 0 Å². The number of hydrogen-bond acceptors (Lipinski definition) is 4. The fourth-order valence-electron chi connectivity index (χ4n) is 3.65. The van der Waals surface area contributed by atoms with E-state index in [9.17, 15) is 8.42 Å². The Labute approximate surface area is 154 Å². The van der Waals surface area contributed by atoms with Crippen LogP contribution < -0.4 is 5.32 Å². The maximum Gasteiger partial charge on any atom is 0.175 e. The molecular weight excluding hydrogens is 346 g/mol. The SMILES string of the molecule is CS(=O)(=O)c1ccc2c(ccn2Cc2ccc(C3CCNCC3)cn2)c1. The number of nitrogens with zero attached hydrogens (tertiary/aromatic N) is 2. The van der Waals surface area contributed by atoms with Crippen LogP contribution in [0.25, 0.3) is 10.9 Å². The number of fused-ring (bicyclic) bond motifs is 1. The zero-order chi connectivity index (χ0) is 18.1. The molecule has 0 saturated carbocycles. The van der Waals surface area contributed by atoms with Gasteiger partial charge >= 0.3 is 0 Å². The Bertz CT molecular complexity index is 1020. The zero-order valence-corrected chi connectivity index (χ0v) is 15.7. The van der Waals surface area contributed by atoms with Crippen LogP contribution in [0, 0.1) is 0 Å². The molecule has 6 heteroatoms. The molecular formula is C20H23N3O2S. The van der Waals surface area contributed by atoms with Crippen LogP contribution in [0.1, 0.15) is 30.0 Å². The first kappa shape index (κ1) is 17.2. The van der Waals surface area contributed by atoms with E-state index in [0.717, 1.165) is 29.7 Å². The van der Waals surface area contributed by atoms with Crippen LogP contribution in [0.15, 0.2) is 53.7 Å². The molecule has 0 radical (unpaired) electrons. The second-order valence-electron chi connectivity index (χ2n) is 7.04. The van der Waals surface area contributed by atoms with E-state index in [-0.39, 0.29) is 0 Å². The van der Waals surface area contributed by atoms with Gasteiger partial charge in [-0.25, -0.2) is 8.42 Å². The lowest BCUT2D eigenvalue weighted by Crippen LogP contribution is -2.26. The van der Waals surface area contributed by atoms with E-state index in [1.165, 1.54) is 24.7 Å². The Hall–Kier alpha value is -2.18. The van der Waals surface area contributed by atoms with Gasteiger partial charge in [0.25, 0.3) is 0 Å². The summed E-state index contributed by atoms with van der Waals surface area (Å²) in [5, 5.41) is 4.32. The molecule has 2 aromatic heterocycles. The summed E-state index contributed by atoms with van der Waals surface area (Å²) in [6.07, 6.45) is 7.58. The van der Waals surface area contributed by atoms with Crippen LogP contribution in [-0.2, 0) is 16.4 Å². The summed E-state index contributed by atoms with van der Waals surface area (Å²) in [6, 6.07) is 11.5. The average molecular weight is 369 g/mol. The topological polar surface area (TPSA) is 64.0 Å². The third-order valence-corrected chi connectivity index (χ3v) is 6.27. The van der Waals surface area contributed by atoms with Gasteiger partial charge in [-0.05, 0) is 67.7 Å². The minimum absolute atomic E-state index is 0.354. The number of rotatable bonds is 4. The molecule has 26 heavy (non-hydrogen) atoms. The highest BCUT2D eigenvalue weighted by Crippen LogP contribution is 2.25. The van der Waals surface area contributed by atoms with Crippen LogP contribution in [0.4, 0.5) is 0 Å². The Morgan fingerprint density at radius 2 is 1.96 bits per heavy atom. The third kappa shape index (κ3) is 3.52. The van der Waals surface area contributed by atoms with Crippen molar-refractivity contribution in [1.29, 1.82) is 0 Å². The highest BCUT2D eigenvalue weighted by atomic mass is 32.2. The van der Waals surface area contributed by atoms with E-state index in [0.29, 0.717) is 17.4 Å². The minimum atomic E-state index is -3.19. The summed E-state index contributed by atoms with van der Waals surface area (Å²) in [6.45, 7) is 2.84. The highest BCUT2D eigenvalue weighted by molar-refractivity contribution is 7.90. The molecule has 5 nitrogen and oxygen atoms in total. The van der Waals surface area contributed by atoms with E-state index in [4.69, 9.17) is 0 Å². The maximum atomic E-state index is 11.7. The number of pyridine rings is 1.